The molecule has 84 valence electrons. The fraction of sp³-hybridized carbons (Fsp3) is 0.500. The van der Waals surface area contributed by atoms with Crippen molar-refractivity contribution in [1.82, 2.24) is 0 Å². The zero-order valence-corrected chi connectivity index (χ0v) is 10.7. The molecule has 0 fully saturated rings. The molecular formula is C12H18BrNO. The Bertz CT molecular complexity index is 291. The van der Waals surface area contributed by atoms with E-state index in [0.717, 1.165) is 23.9 Å². The highest BCUT2D eigenvalue weighted by atomic mass is 79.9. The van der Waals surface area contributed by atoms with Crippen LogP contribution in [-0.4, -0.2) is 19.3 Å². The van der Waals surface area contributed by atoms with E-state index in [1.165, 1.54) is 5.56 Å². The number of nitrogens with two attached hydrogens (primary N) is 1. The lowest BCUT2D eigenvalue weighted by Crippen LogP contribution is -2.28. The molecule has 0 saturated heterocycles. The average molecular weight is 272 g/mol. The van der Waals surface area contributed by atoms with Crippen LogP contribution in [0.1, 0.15) is 18.9 Å². The van der Waals surface area contributed by atoms with Crippen molar-refractivity contribution >= 4 is 15.9 Å². The van der Waals surface area contributed by atoms with E-state index in [0.29, 0.717) is 6.61 Å². The van der Waals surface area contributed by atoms with Crippen LogP contribution in [0.3, 0.4) is 0 Å². The highest BCUT2D eigenvalue weighted by molar-refractivity contribution is 9.10. The lowest BCUT2D eigenvalue weighted by molar-refractivity contribution is 0.121. The molecule has 1 unspecified atom stereocenters. The summed E-state index contributed by atoms with van der Waals surface area (Å²) in [6.07, 6.45) is 1.90. The number of hydrogen-bond acceptors (Lipinski definition) is 2. The Labute approximate surface area is 99.9 Å². The van der Waals surface area contributed by atoms with Gasteiger partial charge in [-0.1, -0.05) is 41.1 Å². The largest absolute Gasteiger partial charge is 0.380 e. The summed E-state index contributed by atoms with van der Waals surface area (Å²) in [6.45, 7) is 3.53. The first-order valence-corrected chi connectivity index (χ1v) is 6.10. The van der Waals surface area contributed by atoms with Gasteiger partial charge in [0.05, 0.1) is 6.61 Å². The van der Waals surface area contributed by atoms with Crippen LogP contribution in [0.2, 0.25) is 0 Å². The SMILES string of the molecule is CCCOCC(N)Cc1ccccc1Br. The van der Waals surface area contributed by atoms with Gasteiger partial charge in [-0.25, -0.2) is 0 Å². The first-order chi connectivity index (χ1) is 7.24. The van der Waals surface area contributed by atoms with Crippen molar-refractivity contribution in [2.45, 2.75) is 25.8 Å². The second-order valence-corrected chi connectivity index (χ2v) is 4.48. The molecular weight excluding hydrogens is 254 g/mol. The molecule has 1 aromatic carbocycles. The Kier molecular flexibility index (Phi) is 5.91. The van der Waals surface area contributed by atoms with Gasteiger partial charge in [0.25, 0.3) is 0 Å². The third-order valence-corrected chi connectivity index (χ3v) is 2.89. The summed E-state index contributed by atoms with van der Waals surface area (Å²) in [4.78, 5) is 0. The maximum atomic E-state index is 5.97. The normalized spacial score (nSPS) is 12.7. The van der Waals surface area contributed by atoms with Crippen LogP contribution in [0.4, 0.5) is 0 Å². The Morgan fingerprint density at radius 3 is 2.80 bits per heavy atom. The molecule has 0 bridgehead atoms. The fourth-order valence-corrected chi connectivity index (χ4v) is 1.83. The van der Waals surface area contributed by atoms with Crippen LogP contribution in [0.25, 0.3) is 0 Å². The van der Waals surface area contributed by atoms with Gasteiger partial charge < -0.3 is 10.5 Å². The van der Waals surface area contributed by atoms with Crippen LogP contribution in [-0.2, 0) is 11.2 Å². The van der Waals surface area contributed by atoms with Gasteiger partial charge in [-0.15, -0.1) is 0 Å². The first kappa shape index (κ1) is 12.7. The van der Waals surface area contributed by atoms with E-state index >= 15 is 0 Å². The molecule has 0 aliphatic carbocycles. The van der Waals surface area contributed by atoms with Gasteiger partial charge in [0.15, 0.2) is 0 Å². The molecule has 0 aliphatic heterocycles. The monoisotopic (exact) mass is 271 g/mol. The van der Waals surface area contributed by atoms with E-state index in [4.69, 9.17) is 10.5 Å². The van der Waals surface area contributed by atoms with Crippen molar-refractivity contribution in [1.29, 1.82) is 0 Å². The van der Waals surface area contributed by atoms with Gasteiger partial charge in [0, 0.05) is 17.1 Å². The maximum Gasteiger partial charge on any atom is 0.0620 e. The Morgan fingerprint density at radius 2 is 2.13 bits per heavy atom. The number of hydrogen-bond donors (Lipinski definition) is 1. The van der Waals surface area contributed by atoms with Crippen LogP contribution < -0.4 is 5.73 Å². The van der Waals surface area contributed by atoms with Crippen LogP contribution >= 0.6 is 15.9 Å². The van der Waals surface area contributed by atoms with E-state index in [1.807, 2.05) is 18.2 Å². The van der Waals surface area contributed by atoms with Crippen molar-refractivity contribution in [2.75, 3.05) is 13.2 Å². The topological polar surface area (TPSA) is 35.2 Å². The molecule has 1 rings (SSSR count). The fourth-order valence-electron chi connectivity index (χ4n) is 1.38. The van der Waals surface area contributed by atoms with Crippen molar-refractivity contribution in [2.24, 2.45) is 5.73 Å². The summed E-state index contributed by atoms with van der Waals surface area (Å²) in [5.41, 5.74) is 7.21. The van der Waals surface area contributed by atoms with E-state index in [-0.39, 0.29) is 6.04 Å². The molecule has 0 radical (unpaired) electrons. The molecule has 1 aromatic rings. The van der Waals surface area contributed by atoms with Crippen molar-refractivity contribution in [3.8, 4) is 0 Å². The molecule has 1 atom stereocenters. The van der Waals surface area contributed by atoms with Gasteiger partial charge >= 0.3 is 0 Å². The molecule has 0 spiro atoms. The van der Waals surface area contributed by atoms with Crippen molar-refractivity contribution < 1.29 is 4.74 Å². The van der Waals surface area contributed by atoms with Gasteiger partial charge in [0.2, 0.25) is 0 Å². The molecule has 0 heterocycles. The number of ether oxygens (including phenoxy) is 1. The lowest BCUT2D eigenvalue weighted by Gasteiger charge is -2.12. The number of halogens is 1. The van der Waals surface area contributed by atoms with Crippen molar-refractivity contribution in [3.63, 3.8) is 0 Å². The molecule has 2 N–H and O–H groups in total. The van der Waals surface area contributed by atoms with Gasteiger partial charge in [-0.3, -0.25) is 0 Å². The predicted molar refractivity (Wildman–Crippen MR) is 66.9 cm³/mol. The summed E-state index contributed by atoms with van der Waals surface area (Å²) in [5, 5.41) is 0. The zero-order valence-electron chi connectivity index (χ0n) is 9.08. The molecule has 0 aromatic heterocycles. The first-order valence-electron chi connectivity index (χ1n) is 5.30. The third kappa shape index (κ3) is 4.78. The number of benzene rings is 1. The van der Waals surface area contributed by atoms with Crippen LogP contribution in [0.5, 0.6) is 0 Å². The summed E-state index contributed by atoms with van der Waals surface area (Å²) in [6, 6.07) is 8.24. The van der Waals surface area contributed by atoms with E-state index in [2.05, 4.69) is 28.9 Å². The standard InChI is InChI=1S/C12H18BrNO/c1-2-7-15-9-11(14)8-10-5-3-4-6-12(10)13/h3-6,11H,2,7-9,14H2,1H3. The molecule has 0 amide bonds. The average Bonchev–Trinajstić information content (AvgIpc) is 2.22. The third-order valence-electron chi connectivity index (χ3n) is 2.12. The minimum Gasteiger partial charge on any atom is -0.380 e. The highest BCUT2D eigenvalue weighted by Gasteiger charge is 2.06. The molecule has 0 aliphatic rings. The molecule has 3 heteroatoms. The highest BCUT2D eigenvalue weighted by Crippen LogP contribution is 2.17. The second-order valence-electron chi connectivity index (χ2n) is 3.63. The molecule has 2 nitrogen and oxygen atoms in total. The quantitative estimate of drug-likeness (QED) is 0.808. The Balaban J connectivity index is 2.37. The smallest absolute Gasteiger partial charge is 0.0620 e. The summed E-state index contributed by atoms with van der Waals surface area (Å²) in [7, 11) is 0. The van der Waals surface area contributed by atoms with Gasteiger partial charge in [-0.05, 0) is 24.5 Å². The predicted octanol–water partition coefficient (Wildman–Crippen LogP) is 2.75. The van der Waals surface area contributed by atoms with E-state index in [1.54, 1.807) is 0 Å². The van der Waals surface area contributed by atoms with E-state index < -0.39 is 0 Å². The van der Waals surface area contributed by atoms with E-state index in [9.17, 15) is 0 Å². The minimum absolute atomic E-state index is 0.0789. The minimum atomic E-state index is 0.0789. The second kappa shape index (κ2) is 6.99. The van der Waals surface area contributed by atoms with Gasteiger partial charge in [-0.2, -0.15) is 0 Å². The van der Waals surface area contributed by atoms with Crippen LogP contribution in [0.15, 0.2) is 28.7 Å². The van der Waals surface area contributed by atoms with Crippen molar-refractivity contribution in [3.05, 3.63) is 34.3 Å². The zero-order chi connectivity index (χ0) is 11.1. The lowest BCUT2D eigenvalue weighted by atomic mass is 10.1. The summed E-state index contributed by atoms with van der Waals surface area (Å²) >= 11 is 3.51. The molecule has 0 saturated carbocycles. The van der Waals surface area contributed by atoms with Crippen LogP contribution in [0, 0.1) is 0 Å². The maximum absolute atomic E-state index is 5.97. The number of rotatable bonds is 6. The Morgan fingerprint density at radius 1 is 1.40 bits per heavy atom. The summed E-state index contributed by atoms with van der Waals surface area (Å²) in [5.74, 6) is 0. The van der Waals surface area contributed by atoms with Gasteiger partial charge in [0.1, 0.15) is 0 Å². The summed E-state index contributed by atoms with van der Waals surface area (Å²) < 4.78 is 6.54. The Hall–Kier alpha value is -0.380. The molecule has 15 heavy (non-hydrogen) atoms.